The number of carbonyl (C=O) groups excluding carboxylic acids is 2. The van der Waals surface area contributed by atoms with Crippen LogP contribution in [0.25, 0.3) is 10.9 Å². The smallest absolute Gasteiger partial charge is 0.309 e. The Hall–Kier alpha value is -2.30. The van der Waals surface area contributed by atoms with Gasteiger partial charge in [0.25, 0.3) is 0 Å². The maximum atomic E-state index is 12.9. The number of H-pyrrole nitrogens is 1. The van der Waals surface area contributed by atoms with Crippen LogP contribution in [0.3, 0.4) is 0 Å². The molecule has 2 aromatic rings. The highest BCUT2D eigenvalue weighted by molar-refractivity contribution is 5.89. The number of esters is 1. The van der Waals surface area contributed by atoms with Crippen LogP contribution < -0.4 is 0 Å². The summed E-state index contributed by atoms with van der Waals surface area (Å²) in [6, 6.07) is 8.04. The maximum absolute atomic E-state index is 12.9. The number of benzene rings is 1. The molecule has 0 bridgehead atoms. The fourth-order valence-corrected chi connectivity index (χ4v) is 3.49. The van der Waals surface area contributed by atoms with Gasteiger partial charge in [-0.2, -0.15) is 0 Å². The summed E-state index contributed by atoms with van der Waals surface area (Å²) in [7, 11) is 0. The van der Waals surface area contributed by atoms with Crippen molar-refractivity contribution >= 4 is 22.8 Å². The summed E-state index contributed by atoms with van der Waals surface area (Å²) in [5, 5.41) is 1.10. The van der Waals surface area contributed by atoms with Crippen LogP contribution in [0.4, 0.5) is 0 Å². The third-order valence-electron chi connectivity index (χ3n) is 5.12. The molecule has 1 amide bonds. The first kappa shape index (κ1) is 18.5. The van der Waals surface area contributed by atoms with E-state index in [2.05, 4.69) is 11.9 Å². The summed E-state index contributed by atoms with van der Waals surface area (Å²) in [4.78, 5) is 29.9. The SMILES string of the molecule is CCCCN(C[C@H]1C[C@@H]1C(=O)OCC)C(=O)Cc1c[nH]c2ccccc12. The molecular weight excluding hydrogens is 328 g/mol. The Morgan fingerprint density at radius 1 is 1.27 bits per heavy atom. The number of nitrogens with zero attached hydrogens (tertiary/aromatic N) is 1. The number of aromatic nitrogens is 1. The molecule has 0 unspecified atom stereocenters. The molecule has 1 aromatic heterocycles. The van der Waals surface area contributed by atoms with Crippen molar-refractivity contribution < 1.29 is 14.3 Å². The number of amides is 1. The van der Waals surface area contributed by atoms with E-state index in [1.807, 2.05) is 42.3 Å². The third-order valence-corrected chi connectivity index (χ3v) is 5.12. The maximum Gasteiger partial charge on any atom is 0.309 e. The highest BCUT2D eigenvalue weighted by Crippen LogP contribution is 2.40. The van der Waals surface area contributed by atoms with Crippen molar-refractivity contribution in [2.45, 2.75) is 39.5 Å². The molecule has 5 heteroatoms. The van der Waals surface area contributed by atoms with Crippen molar-refractivity contribution in [2.75, 3.05) is 19.7 Å². The van der Waals surface area contributed by atoms with Crippen LogP contribution in [0.1, 0.15) is 38.7 Å². The summed E-state index contributed by atoms with van der Waals surface area (Å²) >= 11 is 0. The van der Waals surface area contributed by atoms with Crippen LogP contribution in [0.2, 0.25) is 0 Å². The standard InChI is InChI=1S/C21H28N2O3/c1-3-5-10-23(14-16-11-18(16)21(25)26-4-2)20(24)12-15-13-22-19-9-7-6-8-17(15)19/h6-9,13,16,18,22H,3-5,10-12,14H2,1-2H3/t16-,18+/m1/s1. The van der Waals surface area contributed by atoms with E-state index in [0.717, 1.165) is 42.3 Å². The Morgan fingerprint density at radius 3 is 2.85 bits per heavy atom. The van der Waals surface area contributed by atoms with Gasteiger partial charge in [0.15, 0.2) is 0 Å². The summed E-state index contributed by atoms with van der Waals surface area (Å²) in [5.74, 6) is 0.243. The lowest BCUT2D eigenvalue weighted by molar-refractivity contribution is -0.145. The molecule has 3 rings (SSSR count). The van der Waals surface area contributed by atoms with Gasteiger partial charge in [-0.15, -0.1) is 0 Å². The molecule has 1 aliphatic carbocycles. The van der Waals surface area contributed by atoms with E-state index in [1.165, 1.54) is 0 Å². The van der Waals surface area contributed by atoms with Gasteiger partial charge in [-0.05, 0) is 37.3 Å². The first-order valence-electron chi connectivity index (χ1n) is 9.63. The molecule has 1 saturated carbocycles. The molecule has 1 fully saturated rings. The van der Waals surface area contributed by atoms with Gasteiger partial charge in [0.2, 0.25) is 5.91 Å². The molecule has 5 nitrogen and oxygen atoms in total. The highest BCUT2D eigenvalue weighted by Gasteiger charge is 2.45. The average molecular weight is 356 g/mol. The number of nitrogens with one attached hydrogen (secondary N) is 1. The lowest BCUT2D eigenvalue weighted by atomic mass is 10.1. The number of hydrogen-bond donors (Lipinski definition) is 1. The molecule has 0 radical (unpaired) electrons. The molecule has 2 atom stereocenters. The van der Waals surface area contributed by atoms with Gasteiger partial charge >= 0.3 is 5.97 Å². The quantitative estimate of drug-likeness (QED) is 0.699. The first-order chi connectivity index (χ1) is 12.6. The molecule has 0 saturated heterocycles. The zero-order chi connectivity index (χ0) is 18.5. The van der Waals surface area contributed by atoms with Crippen molar-refractivity contribution in [3.8, 4) is 0 Å². The lowest BCUT2D eigenvalue weighted by Gasteiger charge is -2.23. The number of aromatic amines is 1. The largest absolute Gasteiger partial charge is 0.466 e. The predicted molar refractivity (Wildman–Crippen MR) is 102 cm³/mol. The summed E-state index contributed by atoms with van der Waals surface area (Å²) in [6.45, 7) is 5.78. The first-order valence-corrected chi connectivity index (χ1v) is 9.63. The van der Waals surface area contributed by atoms with Crippen molar-refractivity contribution in [2.24, 2.45) is 11.8 Å². The van der Waals surface area contributed by atoms with E-state index in [-0.39, 0.29) is 23.7 Å². The van der Waals surface area contributed by atoms with Crippen LogP contribution in [0.15, 0.2) is 30.5 Å². The monoisotopic (exact) mass is 356 g/mol. The molecule has 1 heterocycles. The van der Waals surface area contributed by atoms with Gasteiger partial charge in [0, 0.05) is 30.2 Å². The van der Waals surface area contributed by atoms with E-state index in [1.54, 1.807) is 0 Å². The van der Waals surface area contributed by atoms with Crippen LogP contribution in [-0.4, -0.2) is 41.5 Å². The molecule has 1 N–H and O–H groups in total. The van der Waals surface area contributed by atoms with Crippen molar-refractivity contribution in [3.05, 3.63) is 36.0 Å². The fourth-order valence-electron chi connectivity index (χ4n) is 3.49. The van der Waals surface area contributed by atoms with E-state index < -0.39 is 0 Å². The minimum atomic E-state index is -0.114. The summed E-state index contributed by atoms with van der Waals surface area (Å²) in [5.41, 5.74) is 2.09. The minimum absolute atomic E-state index is 0.0278. The zero-order valence-electron chi connectivity index (χ0n) is 15.7. The van der Waals surface area contributed by atoms with Gasteiger partial charge < -0.3 is 14.6 Å². The number of carbonyl (C=O) groups is 2. The molecule has 0 spiro atoms. The number of unbranched alkanes of at least 4 members (excludes halogenated alkanes) is 1. The fraction of sp³-hybridized carbons (Fsp3) is 0.524. The Labute approximate surface area is 154 Å². The normalized spacial score (nSPS) is 18.7. The lowest BCUT2D eigenvalue weighted by Crippen LogP contribution is -2.35. The van der Waals surface area contributed by atoms with Crippen molar-refractivity contribution in [1.82, 2.24) is 9.88 Å². The zero-order valence-corrected chi connectivity index (χ0v) is 15.7. The van der Waals surface area contributed by atoms with Crippen LogP contribution in [0, 0.1) is 11.8 Å². The Balaban J connectivity index is 1.63. The third kappa shape index (κ3) is 4.26. The second-order valence-electron chi connectivity index (χ2n) is 7.08. The van der Waals surface area contributed by atoms with Gasteiger partial charge in [0.05, 0.1) is 18.9 Å². The summed E-state index contributed by atoms with van der Waals surface area (Å²) in [6.07, 6.45) is 5.19. The average Bonchev–Trinajstić information content (AvgIpc) is 3.31. The number of para-hydroxylation sites is 1. The molecule has 140 valence electrons. The van der Waals surface area contributed by atoms with Crippen LogP contribution >= 0.6 is 0 Å². The van der Waals surface area contributed by atoms with E-state index >= 15 is 0 Å². The van der Waals surface area contributed by atoms with Crippen LogP contribution in [-0.2, 0) is 20.7 Å². The van der Waals surface area contributed by atoms with Crippen molar-refractivity contribution in [3.63, 3.8) is 0 Å². The second kappa shape index (κ2) is 8.39. The Kier molecular flexibility index (Phi) is 5.96. The van der Waals surface area contributed by atoms with E-state index in [4.69, 9.17) is 4.74 Å². The van der Waals surface area contributed by atoms with Gasteiger partial charge in [-0.3, -0.25) is 9.59 Å². The molecule has 26 heavy (non-hydrogen) atoms. The van der Waals surface area contributed by atoms with E-state index in [9.17, 15) is 9.59 Å². The van der Waals surface area contributed by atoms with Gasteiger partial charge in [-0.25, -0.2) is 0 Å². The number of rotatable bonds is 9. The summed E-state index contributed by atoms with van der Waals surface area (Å²) < 4.78 is 5.11. The van der Waals surface area contributed by atoms with Gasteiger partial charge in [0.1, 0.15) is 0 Å². The second-order valence-corrected chi connectivity index (χ2v) is 7.08. The topological polar surface area (TPSA) is 62.4 Å². The van der Waals surface area contributed by atoms with Crippen molar-refractivity contribution in [1.29, 1.82) is 0 Å². The number of hydrogen-bond acceptors (Lipinski definition) is 3. The van der Waals surface area contributed by atoms with Crippen LogP contribution in [0.5, 0.6) is 0 Å². The molecular formula is C21H28N2O3. The highest BCUT2D eigenvalue weighted by atomic mass is 16.5. The predicted octanol–water partition coefficient (Wildman–Crippen LogP) is 3.54. The van der Waals surface area contributed by atoms with Gasteiger partial charge in [-0.1, -0.05) is 31.5 Å². The molecule has 1 aromatic carbocycles. The number of ether oxygens (including phenoxy) is 1. The Morgan fingerprint density at radius 2 is 2.08 bits per heavy atom. The molecule has 1 aliphatic rings. The van der Waals surface area contributed by atoms with E-state index in [0.29, 0.717) is 19.6 Å². The Bertz CT molecular complexity index is 767. The molecule has 0 aliphatic heterocycles. The minimum Gasteiger partial charge on any atom is -0.466 e. The number of fused-ring (bicyclic) bond motifs is 1.